The van der Waals surface area contributed by atoms with Gasteiger partial charge in [-0.05, 0) is 56.0 Å². The van der Waals surface area contributed by atoms with Crippen LogP contribution in [-0.2, 0) is 4.79 Å². The predicted octanol–water partition coefficient (Wildman–Crippen LogP) is 3.20. The largest absolute Gasteiger partial charge is 0.340 e. The normalized spacial score (nSPS) is 17.5. The number of amides is 1. The zero-order valence-corrected chi connectivity index (χ0v) is 15.1. The van der Waals surface area contributed by atoms with E-state index in [-0.39, 0.29) is 11.8 Å². The highest BCUT2D eigenvalue weighted by Crippen LogP contribution is 2.24. The first-order valence-corrected chi connectivity index (χ1v) is 9.04. The molecule has 1 aliphatic rings. The van der Waals surface area contributed by atoms with Gasteiger partial charge in [-0.2, -0.15) is 0 Å². The number of pyridine rings is 1. The Labute approximate surface area is 152 Å². The van der Waals surface area contributed by atoms with E-state index in [2.05, 4.69) is 26.5 Å². The number of fused-ring (bicyclic) bond motifs is 1. The van der Waals surface area contributed by atoms with Crippen molar-refractivity contribution in [1.82, 2.24) is 14.6 Å². The minimum atomic E-state index is -0.0558. The van der Waals surface area contributed by atoms with Crippen LogP contribution in [0, 0.1) is 19.8 Å². The van der Waals surface area contributed by atoms with Gasteiger partial charge in [0.15, 0.2) is 5.65 Å². The van der Waals surface area contributed by atoms with Gasteiger partial charge in [-0.25, -0.2) is 0 Å². The Hall–Kier alpha value is -2.89. The molecule has 1 fully saturated rings. The molecule has 4 rings (SSSR count). The fraction of sp³-hybridized carbons (Fsp3) is 0.350. The Morgan fingerprint density at radius 1 is 1.19 bits per heavy atom. The van der Waals surface area contributed by atoms with Gasteiger partial charge in [0.2, 0.25) is 11.9 Å². The number of anilines is 2. The molecule has 26 heavy (non-hydrogen) atoms. The van der Waals surface area contributed by atoms with Crippen molar-refractivity contribution in [2.45, 2.75) is 26.7 Å². The molecular weight excluding hydrogens is 326 g/mol. The maximum absolute atomic E-state index is 12.8. The Morgan fingerprint density at radius 3 is 2.96 bits per heavy atom. The molecule has 134 valence electrons. The van der Waals surface area contributed by atoms with E-state index in [1.54, 1.807) is 0 Å². The summed E-state index contributed by atoms with van der Waals surface area (Å²) in [5.74, 6) is 0.835. The van der Waals surface area contributed by atoms with Crippen LogP contribution in [0.15, 0.2) is 42.6 Å². The molecule has 1 aliphatic heterocycles. The quantitative estimate of drug-likeness (QED) is 0.789. The van der Waals surface area contributed by atoms with Crippen LogP contribution in [0.1, 0.15) is 24.0 Å². The first-order chi connectivity index (χ1) is 12.6. The van der Waals surface area contributed by atoms with Crippen LogP contribution in [0.25, 0.3) is 5.65 Å². The van der Waals surface area contributed by atoms with Gasteiger partial charge in [0.1, 0.15) is 0 Å². The molecule has 3 aromatic rings. The van der Waals surface area contributed by atoms with Gasteiger partial charge in [0.05, 0.1) is 5.92 Å². The number of aryl methyl sites for hydroxylation is 2. The number of nitrogens with zero attached hydrogens (tertiary/aromatic N) is 4. The van der Waals surface area contributed by atoms with E-state index in [0.29, 0.717) is 6.54 Å². The molecule has 0 radical (unpaired) electrons. The Morgan fingerprint density at radius 2 is 2.08 bits per heavy atom. The number of nitrogens with one attached hydrogen (secondary N) is 1. The standard InChI is InChI=1S/C20H23N5O/c1-14-8-9-15(2)17(12-14)21-19(26)16-6-5-10-24(13-16)20-23-22-18-7-3-4-11-25(18)20/h3-4,7-9,11-12,16H,5-6,10,13H2,1-2H3,(H,21,26)/t16-/m0/s1. The fourth-order valence-corrected chi connectivity index (χ4v) is 3.52. The lowest BCUT2D eigenvalue weighted by molar-refractivity contribution is -0.120. The summed E-state index contributed by atoms with van der Waals surface area (Å²) in [5.41, 5.74) is 3.95. The Balaban J connectivity index is 1.51. The lowest BCUT2D eigenvalue weighted by Gasteiger charge is -2.32. The van der Waals surface area contributed by atoms with Crippen molar-refractivity contribution in [2.75, 3.05) is 23.3 Å². The summed E-state index contributed by atoms with van der Waals surface area (Å²) in [4.78, 5) is 15.0. The monoisotopic (exact) mass is 349 g/mol. The smallest absolute Gasteiger partial charge is 0.231 e. The fourth-order valence-electron chi connectivity index (χ4n) is 3.52. The molecule has 0 bridgehead atoms. The van der Waals surface area contributed by atoms with Gasteiger partial charge >= 0.3 is 0 Å². The van der Waals surface area contributed by atoms with Crippen molar-refractivity contribution < 1.29 is 4.79 Å². The molecule has 1 aromatic carbocycles. The van der Waals surface area contributed by atoms with Crippen molar-refractivity contribution in [1.29, 1.82) is 0 Å². The highest BCUT2D eigenvalue weighted by Gasteiger charge is 2.28. The van der Waals surface area contributed by atoms with Crippen LogP contribution in [0.5, 0.6) is 0 Å². The van der Waals surface area contributed by atoms with Gasteiger partial charge in [0, 0.05) is 25.0 Å². The molecule has 0 spiro atoms. The van der Waals surface area contributed by atoms with Gasteiger partial charge in [-0.3, -0.25) is 9.20 Å². The maximum atomic E-state index is 12.8. The molecule has 3 heterocycles. The third-order valence-electron chi connectivity index (χ3n) is 5.02. The highest BCUT2D eigenvalue weighted by molar-refractivity contribution is 5.93. The van der Waals surface area contributed by atoms with Crippen LogP contribution in [0.2, 0.25) is 0 Å². The molecule has 1 N–H and O–H groups in total. The van der Waals surface area contributed by atoms with Crippen molar-refractivity contribution in [3.05, 3.63) is 53.7 Å². The molecule has 2 aromatic heterocycles. The van der Waals surface area contributed by atoms with E-state index < -0.39 is 0 Å². The van der Waals surface area contributed by atoms with E-state index in [9.17, 15) is 4.79 Å². The Kier molecular flexibility index (Phi) is 4.32. The number of benzene rings is 1. The molecular formula is C20H23N5O. The molecule has 0 saturated carbocycles. The van der Waals surface area contributed by atoms with Crippen molar-refractivity contribution in [2.24, 2.45) is 5.92 Å². The first kappa shape index (κ1) is 16.6. The lowest BCUT2D eigenvalue weighted by Crippen LogP contribution is -2.41. The second-order valence-electron chi connectivity index (χ2n) is 7.02. The van der Waals surface area contributed by atoms with Gasteiger partial charge in [-0.15, -0.1) is 10.2 Å². The van der Waals surface area contributed by atoms with Crippen LogP contribution >= 0.6 is 0 Å². The van der Waals surface area contributed by atoms with Crippen LogP contribution in [0.3, 0.4) is 0 Å². The third-order valence-corrected chi connectivity index (χ3v) is 5.02. The lowest BCUT2D eigenvalue weighted by atomic mass is 9.97. The number of hydrogen-bond acceptors (Lipinski definition) is 4. The van der Waals surface area contributed by atoms with E-state index in [0.717, 1.165) is 47.8 Å². The number of piperidine rings is 1. The van der Waals surface area contributed by atoms with Crippen molar-refractivity contribution in [3.63, 3.8) is 0 Å². The first-order valence-electron chi connectivity index (χ1n) is 9.04. The summed E-state index contributed by atoms with van der Waals surface area (Å²) in [6.07, 6.45) is 3.82. The average Bonchev–Trinajstić information content (AvgIpc) is 3.09. The molecule has 0 aliphatic carbocycles. The summed E-state index contributed by atoms with van der Waals surface area (Å²) in [6.45, 7) is 5.60. The van der Waals surface area contributed by atoms with Crippen molar-refractivity contribution >= 4 is 23.2 Å². The van der Waals surface area contributed by atoms with Crippen molar-refractivity contribution in [3.8, 4) is 0 Å². The Bertz CT molecular complexity index is 948. The van der Waals surface area contributed by atoms with E-state index in [1.807, 2.05) is 54.8 Å². The number of hydrogen-bond donors (Lipinski definition) is 1. The molecule has 0 unspecified atom stereocenters. The number of carbonyl (C=O) groups excluding carboxylic acids is 1. The second-order valence-corrected chi connectivity index (χ2v) is 7.02. The summed E-state index contributed by atoms with van der Waals surface area (Å²) in [7, 11) is 0. The number of rotatable bonds is 3. The molecule has 6 nitrogen and oxygen atoms in total. The zero-order chi connectivity index (χ0) is 18.1. The van der Waals surface area contributed by atoms with E-state index in [1.165, 1.54) is 0 Å². The van der Waals surface area contributed by atoms with Crippen LogP contribution < -0.4 is 10.2 Å². The average molecular weight is 349 g/mol. The summed E-state index contributed by atoms with van der Waals surface area (Å²) in [6, 6.07) is 12.0. The molecule has 1 saturated heterocycles. The van der Waals surface area contributed by atoms with E-state index in [4.69, 9.17) is 0 Å². The molecule has 1 atom stereocenters. The predicted molar refractivity (Wildman–Crippen MR) is 102 cm³/mol. The van der Waals surface area contributed by atoms with E-state index >= 15 is 0 Å². The highest BCUT2D eigenvalue weighted by atomic mass is 16.1. The minimum absolute atomic E-state index is 0.0558. The summed E-state index contributed by atoms with van der Waals surface area (Å²) < 4.78 is 1.98. The third kappa shape index (κ3) is 3.14. The minimum Gasteiger partial charge on any atom is -0.340 e. The summed E-state index contributed by atoms with van der Waals surface area (Å²) in [5, 5.41) is 11.7. The SMILES string of the molecule is Cc1ccc(C)c(NC(=O)[C@H]2CCCN(c3nnc4ccccn34)C2)c1. The zero-order valence-electron chi connectivity index (χ0n) is 15.1. The number of aromatic nitrogens is 3. The van der Waals surface area contributed by atoms with Gasteiger partial charge in [0.25, 0.3) is 0 Å². The topological polar surface area (TPSA) is 62.5 Å². The maximum Gasteiger partial charge on any atom is 0.231 e. The number of carbonyl (C=O) groups is 1. The second kappa shape index (κ2) is 6.78. The molecule has 6 heteroatoms. The van der Waals surface area contributed by atoms with Crippen LogP contribution in [-0.4, -0.2) is 33.6 Å². The van der Waals surface area contributed by atoms with Gasteiger partial charge < -0.3 is 10.2 Å². The van der Waals surface area contributed by atoms with Crippen LogP contribution in [0.4, 0.5) is 11.6 Å². The summed E-state index contributed by atoms with van der Waals surface area (Å²) >= 11 is 0. The van der Waals surface area contributed by atoms with Gasteiger partial charge in [-0.1, -0.05) is 18.2 Å². The molecule has 1 amide bonds.